The van der Waals surface area contributed by atoms with E-state index in [4.69, 9.17) is 9.47 Å². The zero-order chi connectivity index (χ0) is 17.2. The van der Waals surface area contributed by atoms with E-state index in [0.717, 1.165) is 22.8 Å². The van der Waals surface area contributed by atoms with E-state index in [9.17, 15) is 14.7 Å². The lowest BCUT2D eigenvalue weighted by Crippen LogP contribution is -2.58. The van der Waals surface area contributed by atoms with Gasteiger partial charge in [-0.1, -0.05) is 0 Å². The van der Waals surface area contributed by atoms with Crippen LogP contribution in [-0.4, -0.2) is 47.7 Å². The van der Waals surface area contributed by atoms with Gasteiger partial charge >= 0.3 is 5.97 Å². The highest BCUT2D eigenvalue weighted by Crippen LogP contribution is 2.32. The molecule has 1 atom stereocenters. The molecule has 2 heterocycles. The Morgan fingerprint density at radius 1 is 1.38 bits per heavy atom. The Morgan fingerprint density at radius 3 is 2.79 bits per heavy atom. The number of rotatable bonds is 4. The minimum atomic E-state index is -1.14. The smallest absolute Gasteiger partial charge is 0.329 e. The molecular formula is C17H21NO5S. The molecule has 2 N–H and O–H groups in total. The molecule has 1 saturated heterocycles. The molecule has 1 fully saturated rings. The minimum absolute atomic E-state index is 0.252. The number of carbonyl (C=O) groups is 2. The van der Waals surface area contributed by atoms with Crippen molar-refractivity contribution in [2.75, 3.05) is 25.2 Å². The number of fused-ring (bicyclic) bond motifs is 1. The van der Waals surface area contributed by atoms with Gasteiger partial charge in [-0.15, -0.1) is 0 Å². The van der Waals surface area contributed by atoms with Crippen LogP contribution in [0.15, 0.2) is 18.2 Å². The van der Waals surface area contributed by atoms with E-state index in [1.807, 2.05) is 18.2 Å². The zero-order valence-corrected chi connectivity index (χ0v) is 14.4. The molecule has 6 nitrogen and oxygen atoms in total. The molecule has 1 amide bonds. The quantitative estimate of drug-likeness (QED) is 0.859. The molecule has 2 aliphatic rings. The van der Waals surface area contributed by atoms with E-state index >= 15 is 0 Å². The average Bonchev–Trinajstić information content (AvgIpc) is 2.61. The highest BCUT2D eigenvalue weighted by molar-refractivity contribution is 7.99. The summed E-state index contributed by atoms with van der Waals surface area (Å²) in [6.07, 6.45) is 1.43. The molecule has 0 radical (unpaired) electrons. The van der Waals surface area contributed by atoms with E-state index < -0.39 is 17.4 Å². The minimum Gasteiger partial charge on any atom is -0.497 e. The van der Waals surface area contributed by atoms with Crippen LogP contribution in [0.2, 0.25) is 0 Å². The summed E-state index contributed by atoms with van der Waals surface area (Å²) in [4.78, 5) is 24.4. The maximum Gasteiger partial charge on any atom is 0.329 e. The monoisotopic (exact) mass is 351 g/mol. The number of ether oxygens (including phenoxy) is 2. The lowest BCUT2D eigenvalue weighted by molar-refractivity contribution is -0.149. The summed E-state index contributed by atoms with van der Waals surface area (Å²) in [5, 5.41) is 12.4. The lowest BCUT2D eigenvalue weighted by Gasteiger charge is -2.35. The van der Waals surface area contributed by atoms with E-state index in [2.05, 4.69) is 5.32 Å². The molecule has 24 heavy (non-hydrogen) atoms. The predicted molar refractivity (Wildman–Crippen MR) is 90.8 cm³/mol. The van der Waals surface area contributed by atoms with E-state index in [1.54, 1.807) is 18.9 Å². The molecule has 2 aliphatic heterocycles. The van der Waals surface area contributed by atoms with Gasteiger partial charge in [0, 0.05) is 0 Å². The number of nitrogens with one attached hydrogen (secondary N) is 1. The maximum absolute atomic E-state index is 12.6. The highest BCUT2D eigenvalue weighted by atomic mass is 32.2. The molecule has 0 bridgehead atoms. The van der Waals surface area contributed by atoms with Crippen LogP contribution < -0.4 is 14.8 Å². The Hall–Kier alpha value is -1.89. The van der Waals surface area contributed by atoms with Crippen molar-refractivity contribution >= 4 is 23.6 Å². The van der Waals surface area contributed by atoms with Gasteiger partial charge in [0.15, 0.2) is 0 Å². The normalized spacial score (nSPS) is 22.0. The first kappa shape index (κ1) is 17.0. The number of amides is 1. The molecule has 0 aromatic heterocycles. The molecule has 0 saturated carbocycles. The third-order valence-electron chi connectivity index (χ3n) is 4.66. The van der Waals surface area contributed by atoms with Gasteiger partial charge < -0.3 is 19.9 Å². The molecule has 1 unspecified atom stereocenters. The van der Waals surface area contributed by atoms with Crippen LogP contribution in [0.4, 0.5) is 0 Å². The fourth-order valence-corrected chi connectivity index (χ4v) is 4.31. The number of hydrogen-bond acceptors (Lipinski definition) is 5. The summed E-state index contributed by atoms with van der Waals surface area (Å²) in [5.41, 5.74) is -0.235. The predicted octanol–water partition coefficient (Wildman–Crippen LogP) is 1.71. The van der Waals surface area contributed by atoms with Gasteiger partial charge in [-0.3, -0.25) is 4.79 Å². The number of hydrogen-bond donors (Lipinski definition) is 2. The van der Waals surface area contributed by atoms with Gasteiger partial charge in [0.1, 0.15) is 23.6 Å². The number of carbonyl (C=O) groups excluding carboxylic acids is 1. The molecule has 1 aromatic carbocycles. The fourth-order valence-electron chi connectivity index (χ4n) is 3.12. The second-order valence-corrected chi connectivity index (χ2v) is 7.40. The van der Waals surface area contributed by atoms with Crippen molar-refractivity contribution in [3.8, 4) is 11.5 Å². The van der Waals surface area contributed by atoms with Crippen LogP contribution in [0.25, 0.3) is 0 Å². The Balaban J connectivity index is 1.72. The third kappa shape index (κ3) is 3.31. The first-order valence-electron chi connectivity index (χ1n) is 7.97. The SMILES string of the molecule is COc1ccc2c(c1)CC(C(=O)NC1(C(=O)O)CCSCC1)CO2. The van der Waals surface area contributed by atoms with E-state index in [-0.39, 0.29) is 12.5 Å². The van der Waals surface area contributed by atoms with Gasteiger partial charge in [-0.25, -0.2) is 4.79 Å². The van der Waals surface area contributed by atoms with Crippen molar-refractivity contribution in [3.05, 3.63) is 23.8 Å². The van der Waals surface area contributed by atoms with Crippen molar-refractivity contribution in [3.63, 3.8) is 0 Å². The van der Waals surface area contributed by atoms with Crippen molar-refractivity contribution in [2.45, 2.75) is 24.8 Å². The van der Waals surface area contributed by atoms with Gasteiger partial charge in [-0.2, -0.15) is 11.8 Å². The van der Waals surface area contributed by atoms with Crippen LogP contribution in [0.5, 0.6) is 11.5 Å². The van der Waals surface area contributed by atoms with Crippen LogP contribution in [-0.2, 0) is 16.0 Å². The summed E-state index contributed by atoms with van der Waals surface area (Å²) in [7, 11) is 1.59. The van der Waals surface area contributed by atoms with Crippen molar-refractivity contribution in [1.29, 1.82) is 0 Å². The van der Waals surface area contributed by atoms with Crippen molar-refractivity contribution in [1.82, 2.24) is 5.32 Å². The molecular weight excluding hydrogens is 330 g/mol. The first-order chi connectivity index (χ1) is 11.5. The highest BCUT2D eigenvalue weighted by Gasteiger charge is 2.42. The second kappa shape index (κ2) is 6.93. The van der Waals surface area contributed by atoms with Gasteiger partial charge in [-0.05, 0) is 54.5 Å². The summed E-state index contributed by atoms with van der Waals surface area (Å²) >= 11 is 1.72. The van der Waals surface area contributed by atoms with Crippen molar-refractivity contribution in [2.24, 2.45) is 5.92 Å². The number of methoxy groups -OCH3 is 1. The topological polar surface area (TPSA) is 84.9 Å². The van der Waals surface area contributed by atoms with Crippen LogP contribution in [0.3, 0.4) is 0 Å². The maximum atomic E-state index is 12.6. The lowest BCUT2D eigenvalue weighted by atomic mass is 9.89. The van der Waals surface area contributed by atoms with Crippen LogP contribution in [0, 0.1) is 5.92 Å². The van der Waals surface area contributed by atoms with E-state index in [1.165, 1.54) is 0 Å². The average molecular weight is 351 g/mol. The Morgan fingerprint density at radius 2 is 2.12 bits per heavy atom. The van der Waals surface area contributed by atoms with Gasteiger partial charge in [0.25, 0.3) is 0 Å². The summed E-state index contributed by atoms with van der Waals surface area (Å²) in [6.45, 7) is 0.260. The number of carboxylic acids is 1. The zero-order valence-electron chi connectivity index (χ0n) is 13.5. The molecule has 3 rings (SSSR count). The molecule has 0 spiro atoms. The number of carboxylic acid groups (broad SMARTS) is 1. The van der Waals surface area contributed by atoms with Crippen molar-refractivity contribution < 1.29 is 24.2 Å². The molecule has 130 valence electrons. The van der Waals surface area contributed by atoms with Gasteiger partial charge in [0.2, 0.25) is 5.91 Å². The van der Waals surface area contributed by atoms with Crippen LogP contribution in [0.1, 0.15) is 18.4 Å². The number of aliphatic carboxylic acids is 1. The summed E-state index contributed by atoms with van der Waals surface area (Å²) < 4.78 is 10.9. The second-order valence-electron chi connectivity index (χ2n) is 6.17. The van der Waals surface area contributed by atoms with E-state index in [0.29, 0.717) is 25.0 Å². The Labute approximate surface area is 144 Å². The fraction of sp³-hybridized carbons (Fsp3) is 0.529. The largest absolute Gasteiger partial charge is 0.497 e. The number of benzene rings is 1. The molecule has 0 aliphatic carbocycles. The Bertz CT molecular complexity index is 642. The standard InChI is InChI=1S/C17H21NO5S/c1-22-13-2-3-14-11(9-13)8-12(10-23-14)15(19)18-17(16(20)21)4-6-24-7-5-17/h2-3,9,12H,4-8,10H2,1H3,(H,18,19)(H,20,21). The molecule has 1 aromatic rings. The summed E-state index contributed by atoms with van der Waals surface area (Å²) in [5.74, 6) is 1.36. The third-order valence-corrected chi connectivity index (χ3v) is 5.65. The van der Waals surface area contributed by atoms with Gasteiger partial charge in [0.05, 0.1) is 13.0 Å². The molecule has 7 heteroatoms. The first-order valence-corrected chi connectivity index (χ1v) is 9.12. The Kier molecular flexibility index (Phi) is 4.89. The summed E-state index contributed by atoms with van der Waals surface area (Å²) in [6, 6.07) is 5.51. The van der Waals surface area contributed by atoms with Crippen LogP contribution >= 0.6 is 11.8 Å². The number of thioether (sulfide) groups is 1.